The molecule has 0 bridgehead atoms. The molecule has 21 heavy (non-hydrogen) atoms. The highest BCUT2D eigenvalue weighted by atomic mass is 16.5. The predicted octanol–water partition coefficient (Wildman–Crippen LogP) is 6.11. The number of unbranched alkanes of at least 4 members (excludes halogenated alkanes) is 10. The second kappa shape index (κ2) is 24.9. The Morgan fingerprint density at radius 3 is 1.29 bits per heavy atom. The molecule has 0 unspecified atom stereocenters. The van der Waals surface area contributed by atoms with Crippen LogP contribution in [-0.4, -0.2) is 24.9 Å². The van der Waals surface area contributed by atoms with Crippen molar-refractivity contribution in [2.75, 3.05) is 19.8 Å². The van der Waals surface area contributed by atoms with Gasteiger partial charge in [-0.05, 0) is 19.3 Å². The summed E-state index contributed by atoms with van der Waals surface area (Å²) in [4.78, 5) is 0. The van der Waals surface area contributed by atoms with E-state index in [9.17, 15) is 0 Å². The topological polar surface area (TPSA) is 29.5 Å². The molecule has 0 atom stereocenters. The van der Waals surface area contributed by atoms with Crippen molar-refractivity contribution >= 4 is 0 Å². The molecule has 130 valence electrons. The molecule has 0 rings (SSSR count). The molecule has 2 nitrogen and oxygen atoms in total. The second-order valence-corrected chi connectivity index (χ2v) is 5.87. The van der Waals surface area contributed by atoms with Gasteiger partial charge in [-0.25, -0.2) is 0 Å². The SMILES string of the molecule is CCCCCCCO.CCCCCCOCCCCCC. The fraction of sp³-hybridized carbons (Fsp3) is 1.00. The van der Waals surface area contributed by atoms with Crippen molar-refractivity contribution < 1.29 is 9.84 Å². The van der Waals surface area contributed by atoms with Crippen LogP contribution < -0.4 is 0 Å². The third-order valence-electron chi connectivity index (χ3n) is 3.55. The standard InChI is InChI=1S/C12H26O.C7H16O/c1-3-5-7-9-11-13-12-10-8-6-4-2;1-2-3-4-5-6-7-8/h3-12H2,1-2H3;8H,2-7H2,1H3. The minimum atomic E-state index is 0.365. The van der Waals surface area contributed by atoms with E-state index in [0.717, 1.165) is 19.6 Å². The van der Waals surface area contributed by atoms with Gasteiger partial charge in [-0.15, -0.1) is 0 Å². The van der Waals surface area contributed by atoms with E-state index in [1.807, 2.05) is 0 Å². The van der Waals surface area contributed by atoms with Crippen LogP contribution in [0.4, 0.5) is 0 Å². The molecule has 2 heteroatoms. The molecule has 0 saturated heterocycles. The number of ether oxygens (including phenoxy) is 1. The van der Waals surface area contributed by atoms with E-state index in [2.05, 4.69) is 20.8 Å². The molecule has 1 N–H and O–H groups in total. The number of hydrogen-bond acceptors (Lipinski definition) is 2. The second-order valence-electron chi connectivity index (χ2n) is 5.87. The zero-order chi connectivity index (χ0) is 16.0. The summed E-state index contributed by atoms with van der Waals surface area (Å²) >= 11 is 0. The molecule has 0 heterocycles. The van der Waals surface area contributed by atoms with Gasteiger partial charge in [0.1, 0.15) is 0 Å². The van der Waals surface area contributed by atoms with E-state index in [0.29, 0.717) is 6.61 Å². The first-order valence-electron chi connectivity index (χ1n) is 9.51. The fourth-order valence-corrected chi connectivity index (χ4v) is 2.08. The van der Waals surface area contributed by atoms with Crippen molar-refractivity contribution in [3.05, 3.63) is 0 Å². The van der Waals surface area contributed by atoms with Crippen LogP contribution in [0.25, 0.3) is 0 Å². The third-order valence-corrected chi connectivity index (χ3v) is 3.55. The third kappa shape index (κ3) is 28.7. The molecule has 0 aliphatic carbocycles. The van der Waals surface area contributed by atoms with Gasteiger partial charge in [-0.2, -0.15) is 0 Å². The van der Waals surface area contributed by atoms with Gasteiger partial charge in [0.15, 0.2) is 0 Å². The lowest BCUT2D eigenvalue weighted by Crippen LogP contribution is -1.96. The van der Waals surface area contributed by atoms with E-state index in [1.165, 1.54) is 77.0 Å². The Morgan fingerprint density at radius 1 is 0.524 bits per heavy atom. The van der Waals surface area contributed by atoms with Crippen molar-refractivity contribution in [1.82, 2.24) is 0 Å². The van der Waals surface area contributed by atoms with Gasteiger partial charge >= 0.3 is 0 Å². The van der Waals surface area contributed by atoms with Crippen LogP contribution in [0.5, 0.6) is 0 Å². The van der Waals surface area contributed by atoms with Crippen molar-refractivity contribution in [3.8, 4) is 0 Å². The number of aliphatic hydroxyl groups excluding tert-OH is 1. The van der Waals surface area contributed by atoms with E-state index in [-0.39, 0.29) is 0 Å². The molecular weight excluding hydrogens is 260 g/mol. The summed E-state index contributed by atoms with van der Waals surface area (Å²) in [5.74, 6) is 0. The Bertz CT molecular complexity index is 133. The van der Waals surface area contributed by atoms with Gasteiger partial charge in [-0.3, -0.25) is 0 Å². The van der Waals surface area contributed by atoms with Crippen LogP contribution in [-0.2, 0) is 4.74 Å². The summed E-state index contributed by atoms with van der Waals surface area (Å²) in [6.07, 6.45) is 16.6. The zero-order valence-electron chi connectivity index (χ0n) is 15.2. The lowest BCUT2D eigenvalue weighted by molar-refractivity contribution is 0.126. The van der Waals surface area contributed by atoms with E-state index in [1.54, 1.807) is 0 Å². The van der Waals surface area contributed by atoms with Crippen LogP contribution in [0.15, 0.2) is 0 Å². The summed E-state index contributed by atoms with van der Waals surface area (Å²) in [6.45, 7) is 9.00. The minimum absolute atomic E-state index is 0.365. The number of rotatable bonds is 15. The maximum absolute atomic E-state index is 8.37. The molecule has 0 aromatic carbocycles. The highest BCUT2D eigenvalue weighted by molar-refractivity contribution is 4.42. The average molecular weight is 303 g/mol. The zero-order valence-corrected chi connectivity index (χ0v) is 15.2. The molecule has 0 amide bonds. The molecule has 0 aromatic rings. The van der Waals surface area contributed by atoms with Crippen LogP contribution >= 0.6 is 0 Å². The Hall–Kier alpha value is -0.0800. The quantitative estimate of drug-likeness (QED) is 0.370. The Morgan fingerprint density at radius 2 is 0.905 bits per heavy atom. The summed E-state index contributed by atoms with van der Waals surface area (Å²) in [5.41, 5.74) is 0. The van der Waals surface area contributed by atoms with Crippen LogP contribution in [0, 0.1) is 0 Å². The van der Waals surface area contributed by atoms with Gasteiger partial charge in [0, 0.05) is 19.8 Å². The summed E-state index contributed by atoms with van der Waals surface area (Å²) in [7, 11) is 0. The smallest absolute Gasteiger partial charge is 0.0466 e. The normalized spacial score (nSPS) is 10.3. The van der Waals surface area contributed by atoms with Crippen molar-refractivity contribution in [2.24, 2.45) is 0 Å². The Kier molecular flexibility index (Phi) is 27.5. The largest absolute Gasteiger partial charge is 0.396 e. The predicted molar refractivity (Wildman–Crippen MR) is 94.9 cm³/mol. The van der Waals surface area contributed by atoms with Gasteiger partial charge in [0.25, 0.3) is 0 Å². The molecule has 0 saturated carbocycles. The maximum Gasteiger partial charge on any atom is 0.0466 e. The summed E-state index contributed by atoms with van der Waals surface area (Å²) in [6, 6.07) is 0. The van der Waals surface area contributed by atoms with Crippen LogP contribution in [0.2, 0.25) is 0 Å². The number of hydrogen-bond donors (Lipinski definition) is 1. The highest BCUT2D eigenvalue weighted by Gasteiger charge is 1.90. The van der Waals surface area contributed by atoms with E-state index < -0.39 is 0 Å². The lowest BCUT2D eigenvalue weighted by atomic mass is 10.2. The van der Waals surface area contributed by atoms with Gasteiger partial charge in [0.2, 0.25) is 0 Å². The van der Waals surface area contributed by atoms with Crippen molar-refractivity contribution in [2.45, 2.75) is 104 Å². The van der Waals surface area contributed by atoms with Gasteiger partial charge in [-0.1, -0.05) is 85.0 Å². The highest BCUT2D eigenvalue weighted by Crippen LogP contribution is 2.02. The Labute approximate surface area is 134 Å². The van der Waals surface area contributed by atoms with E-state index >= 15 is 0 Å². The molecule has 0 fully saturated rings. The molecule has 0 aliphatic heterocycles. The lowest BCUT2D eigenvalue weighted by Gasteiger charge is -2.03. The Balaban J connectivity index is 0. The maximum atomic E-state index is 8.37. The summed E-state index contributed by atoms with van der Waals surface area (Å²) in [5, 5.41) is 8.37. The summed E-state index contributed by atoms with van der Waals surface area (Å²) < 4.78 is 5.53. The molecule has 0 aromatic heterocycles. The number of aliphatic hydroxyl groups is 1. The molecule has 0 radical (unpaired) electrons. The van der Waals surface area contributed by atoms with Crippen LogP contribution in [0.1, 0.15) is 104 Å². The van der Waals surface area contributed by atoms with E-state index in [4.69, 9.17) is 9.84 Å². The molecule has 0 aliphatic rings. The monoisotopic (exact) mass is 302 g/mol. The molecular formula is C19H42O2. The van der Waals surface area contributed by atoms with Crippen molar-refractivity contribution in [1.29, 1.82) is 0 Å². The van der Waals surface area contributed by atoms with Gasteiger partial charge in [0.05, 0.1) is 0 Å². The first kappa shape index (κ1) is 23.2. The minimum Gasteiger partial charge on any atom is -0.396 e. The first-order valence-corrected chi connectivity index (χ1v) is 9.51. The van der Waals surface area contributed by atoms with Gasteiger partial charge < -0.3 is 9.84 Å². The fourth-order valence-electron chi connectivity index (χ4n) is 2.08. The average Bonchev–Trinajstić information content (AvgIpc) is 2.51. The first-order chi connectivity index (χ1) is 10.3. The van der Waals surface area contributed by atoms with Crippen LogP contribution in [0.3, 0.4) is 0 Å². The van der Waals surface area contributed by atoms with Crippen molar-refractivity contribution in [3.63, 3.8) is 0 Å². The molecule has 0 spiro atoms.